The summed E-state index contributed by atoms with van der Waals surface area (Å²) in [5.74, 6) is 0.347. The summed E-state index contributed by atoms with van der Waals surface area (Å²) in [7, 11) is 3.32. The van der Waals surface area contributed by atoms with Gasteiger partial charge in [0.25, 0.3) is 5.91 Å². The molecule has 128 valence electrons. The van der Waals surface area contributed by atoms with Crippen LogP contribution in [-0.4, -0.2) is 62.3 Å². The van der Waals surface area contributed by atoms with Gasteiger partial charge in [-0.05, 0) is 6.07 Å². The molecule has 0 radical (unpaired) electrons. The fraction of sp³-hybridized carbons (Fsp3) is 0.562. The molecular weight excluding hydrogens is 316 g/mol. The van der Waals surface area contributed by atoms with Crippen molar-refractivity contribution in [2.75, 3.05) is 45.7 Å². The maximum Gasteiger partial charge on any atom is 0.255 e. The molecule has 0 bridgehead atoms. The Bertz CT molecular complexity index is 555. The smallest absolute Gasteiger partial charge is 0.255 e. The number of halogens is 1. The number of ether oxygens (including phenoxy) is 1. The predicted molar refractivity (Wildman–Crippen MR) is 93.3 cm³/mol. The lowest BCUT2D eigenvalue weighted by molar-refractivity contribution is 0.0388. The zero-order valence-corrected chi connectivity index (χ0v) is 14.9. The van der Waals surface area contributed by atoms with Gasteiger partial charge in [0.1, 0.15) is 5.75 Å². The molecule has 0 aromatic heterocycles. The maximum atomic E-state index is 12.6. The van der Waals surface area contributed by atoms with Gasteiger partial charge in [-0.15, -0.1) is 0 Å². The molecule has 7 heteroatoms. The molecule has 1 heterocycles. The highest BCUT2D eigenvalue weighted by Gasteiger charge is 2.29. The first-order valence-corrected chi connectivity index (χ1v) is 8.27. The Kier molecular flexibility index (Phi) is 6.10. The van der Waals surface area contributed by atoms with Crippen LogP contribution >= 0.6 is 11.6 Å². The number of nitrogens with zero attached hydrogens (tertiary/aromatic N) is 2. The molecule has 1 aliphatic heterocycles. The van der Waals surface area contributed by atoms with Gasteiger partial charge in [-0.3, -0.25) is 4.79 Å². The van der Waals surface area contributed by atoms with Crippen molar-refractivity contribution in [2.24, 2.45) is 0 Å². The Morgan fingerprint density at radius 3 is 2.39 bits per heavy atom. The Hall–Kier alpha value is -1.50. The third-order valence-corrected chi connectivity index (χ3v) is 4.44. The SMILES string of the molecule is CCN1CC(NC(=O)c2cc(Cl)c(NC)cc2OC)CN1CC. The van der Waals surface area contributed by atoms with Gasteiger partial charge in [0, 0.05) is 39.3 Å². The van der Waals surface area contributed by atoms with Crippen molar-refractivity contribution < 1.29 is 9.53 Å². The molecule has 1 amide bonds. The molecule has 0 unspecified atom stereocenters. The molecule has 2 N–H and O–H groups in total. The second-order valence-electron chi connectivity index (χ2n) is 5.46. The molecule has 1 aliphatic rings. The summed E-state index contributed by atoms with van der Waals surface area (Å²) in [6, 6.07) is 3.48. The van der Waals surface area contributed by atoms with Crippen LogP contribution in [0.2, 0.25) is 5.02 Å². The van der Waals surface area contributed by atoms with Crippen LogP contribution in [0.4, 0.5) is 5.69 Å². The van der Waals surface area contributed by atoms with Crippen LogP contribution in [0.25, 0.3) is 0 Å². The van der Waals surface area contributed by atoms with Crippen LogP contribution in [0.3, 0.4) is 0 Å². The number of hydrogen-bond donors (Lipinski definition) is 2. The number of anilines is 1. The van der Waals surface area contributed by atoms with E-state index in [9.17, 15) is 4.79 Å². The minimum absolute atomic E-state index is 0.0925. The number of carbonyl (C=O) groups excluding carboxylic acids is 1. The molecule has 6 nitrogen and oxygen atoms in total. The van der Waals surface area contributed by atoms with Gasteiger partial charge >= 0.3 is 0 Å². The fourth-order valence-electron chi connectivity index (χ4n) is 2.90. The quantitative estimate of drug-likeness (QED) is 0.830. The second-order valence-corrected chi connectivity index (χ2v) is 5.87. The van der Waals surface area contributed by atoms with E-state index in [0.29, 0.717) is 16.3 Å². The van der Waals surface area contributed by atoms with E-state index in [4.69, 9.17) is 16.3 Å². The summed E-state index contributed by atoms with van der Waals surface area (Å²) in [6.45, 7) is 7.75. The fourth-order valence-corrected chi connectivity index (χ4v) is 3.16. The summed E-state index contributed by atoms with van der Waals surface area (Å²) < 4.78 is 5.33. The molecule has 0 spiro atoms. The highest BCUT2D eigenvalue weighted by Crippen LogP contribution is 2.30. The maximum absolute atomic E-state index is 12.6. The summed E-state index contributed by atoms with van der Waals surface area (Å²) in [5.41, 5.74) is 1.18. The van der Waals surface area contributed by atoms with Gasteiger partial charge in [-0.25, -0.2) is 10.0 Å². The monoisotopic (exact) mass is 340 g/mol. The first-order chi connectivity index (χ1) is 11.0. The molecule has 0 aliphatic carbocycles. The molecule has 23 heavy (non-hydrogen) atoms. The van der Waals surface area contributed by atoms with Crippen molar-refractivity contribution in [2.45, 2.75) is 19.9 Å². The van der Waals surface area contributed by atoms with Crippen molar-refractivity contribution in [1.29, 1.82) is 0 Å². The van der Waals surface area contributed by atoms with E-state index >= 15 is 0 Å². The number of nitrogens with one attached hydrogen (secondary N) is 2. The van der Waals surface area contributed by atoms with Crippen LogP contribution in [0.15, 0.2) is 12.1 Å². The molecule has 1 aromatic rings. The highest BCUT2D eigenvalue weighted by atomic mass is 35.5. The Balaban J connectivity index is 2.14. The van der Waals surface area contributed by atoms with Gasteiger partial charge in [-0.2, -0.15) is 0 Å². The predicted octanol–water partition coefficient (Wildman–Crippen LogP) is 2.06. The lowest BCUT2D eigenvalue weighted by Crippen LogP contribution is -2.38. The van der Waals surface area contributed by atoms with Crippen molar-refractivity contribution in [3.8, 4) is 5.75 Å². The van der Waals surface area contributed by atoms with E-state index < -0.39 is 0 Å². The number of hydrogen-bond acceptors (Lipinski definition) is 5. The van der Waals surface area contributed by atoms with Gasteiger partial charge in [0.05, 0.1) is 29.4 Å². The van der Waals surface area contributed by atoms with Crippen LogP contribution in [0, 0.1) is 0 Å². The van der Waals surface area contributed by atoms with E-state index in [1.807, 2.05) is 0 Å². The van der Waals surface area contributed by atoms with Crippen molar-refractivity contribution >= 4 is 23.2 Å². The summed E-state index contributed by atoms with van der Waals surface area (Å²) in [6.07, 6.45) is 0. The molecule has 1 fully saturated rings. The van der Waals surface area contributed by atoms with Crippen molar-refractivity contribution in [3.63, 3.8) is 0 Å². The number of rotatable bonds is 6. The number of benzene rings is 1. The number of likely N-dealkylation sites (N-methyl/N-ethyl adjacent to an activating group) is 2. The van der Waals surface area contributed by atoms with E-state index in [1.165, 1.54) is 0 Å². The topological polar surface area (TPSA) is 56.8 Å². The van der Waals surface area contributed by atoms with E-state index in [2.05, 4.69) is 34.5 Å². The molecule has 0 atom stereocenters. The van der Waals surface area contributed by atoms with Crippen molar-refractivity contribution in [3.05, 3.63) is 22.7 Å². The van der Waals surface area contributed by atoms with Crippen LogP contribution < -0.4 is 15.4 Å². The molecule has 1 aromatic carbocycles. The molecule has 2 rings (SSSR count). The van der Waals surface area contributed by atoms with Crippen molar-refractivity contribution in [1.82, 2.24) is 15.3 Å². The van der Waals surface area contributed by atoms with Crippen LogP contribution in [0.5, 0.6) is 5.75 Å². The first-order valence-electron chi connectivity index (χ1n) is 7.89. The van der Waals surface area contributed by atoms with Gasteiger partial charge in [-0.1, -0.05) is 25.4 Å². The van der Waals surface area contributed by atoms with Gasteiger partial charge < -0.3 is 15.4 Å². The van der Waals surface area contributed by atoms with E-state index in [0.717, 1.165) is 31.9 Å². The summed E-state index contributed by atoms with van der Waals surface area (Å²) in [4.78, 5) is 12.6. The molecule has 0 saturated carbocycles. The number of methoxy groups -OCH3 is 1. The number of amides is 1. The minimum atomic E-state index is -0.162. The lowest BCUT2D eigenvalue weighted by atomic mass is 10.1. The second kappa shape index (κ2) is 7.86. The van der Waals surface area contributed by atoms with E-state index in [1.54, 1.807) is 26.3 Å². The first kappa shape index (κ1) is 17.8. The molecular formula is C16H25ClN4O2. The molecule has 1 saturated heterocycles. The number of carbonyl (C=O) groups is 1. The number of hydrazine groups is 1. The summed E-state index contributed by atoms with van der Waals surface area (Å²) in [5, 5.41) is 11.1. The van der Waals surface area contributed by atoms with Gasteiger partial charge in [0.15, 0.2) is 0 Å². The third-order valence-electron chi connectivity index (χ3n) is 4.13. The Morgan fingerprint density at radius 2 is 1.91 bits per heavy atom. The highest BCUT2D eigenvalue weighted by molar-refractivity contribution is 6.33. The average Bonchev–Trinajstić information content (AvgIpc) is 2.96. The average molecular weight is 341 g/mol. The van der Waals surface area contributed by atoms with Gasteiger partial charge in [0.2, 0.25) is 0 Å². The van der Waals surface area contributed by atoms with E-state index in [-0.39, 0.29) is 11.9 Å². The largest absolute Gasteiger partial charge is 0.496 e. The standard InChI is InChI=1S/C16H25ClN4O2/c1-5-20-9-11(10-21(20)6-2)19-16(22)12-7-13(17)14(18-3)8-15(12)23-4/h7-8,11,18H,5-6,9-10H2,1-4H3,(H,19,22). The van der Waals surface area contributed by atoms with Crippen LogP contribution in [-0.2, 0) is 0 Å². The zero-order valence-electron chi connectivity index (χ0n) is 14.1. The third kappa shape index (κ3) is 3.88. The Labute approximate surface area is 142 Å². The normalized spacial score (nSPS) is 16.6. The Morgan fingerprint density at radius 1 is 1.30 bits per heavy atom. The summed E-state index contributed by atoms with van der Waals surface area (Å²) >= 11 is 6.20. The minimum Gasteiger partial charge on any atom is -0.496 e. The zero-order chi connectivity index (χ0) is 17.0. The van der Waals surface area contributed by atoms with Crippen LogP contribution in [0.1, 0.15) is 24.2 Å². The lowest BCUT2D eigenvalue weighted by Gasteiger charge is -2.24.